The molecule has 2 rings (SSSR count). The molecule has 0 bridgehead atoms. The molecule has 2 aromatic rings. The van der Waals surface area contributed by atoms with E-state index in [-0.39, 0.29) is 18.2 Å². The molecule has 0 aromatic heterocycles. The summed E-state index contributed by atoms with van der Waals surface area (Å²) in [7, 11) is 0. The predicted molar refractivity (Wildman–Crippen MR) is 72.7 cm³/mol. The molecule has 19 heavy (non-hydrogen) atoms. The molecule has 2 aromatic carbocycles. The molecule has 0 saturated heterocycles. The lowest BCUT2D eigenvalue weighted by Gasteiger charge is -2.12. The second-order valence-electron chi connectivity index (χ2n) is 4.45. The smallest absolute Gasteiger partial charge is 0.167 e. The second kappa shape index (κ2) is 6.34. The van der Waals surface area contributed by atoms with E-state index < -0.39 is 6.10 Å². The Balaban J connectivity index is 1.88. The molecule has 1 atom stereocenters. The van der Waals surface area contributed by atoms with Crippen molar-refractivity contribution in [1.29, 1.82) is 0 Å². The molecule has 100 valence electrons. The van der Waals surface area contributed by atoms with E-state index in [1.807, 2.05) is 30.3 Å². The Labute approximate surface area is 112 Å². The number of benzene rings is 2. The van der Waals surface area contributed by atoms with Crippen LogP contribution in [0.2, 0.25) is 0 Å². The Morgan fingerprint density at radius 3 is 2.58 bits per heavy atom. The molecular formula is C16H17FO2. The van der Waals surface area contributed by atoms with Gasteiger partial charge >= 0.3 is 0 Å². The minimum atomic E-state index is -0.589. The van der Waals surface area contributed by atoms with Crippen LogP contribution in [0, 0.1) is 12.7 Å². The van der Waals surface area contributed by atoms with Gasteiger partial charge in [0.1, 0.15) is 0 Å². The molecule has 1 unspecified atom stereocenters. The van der Waals surface area contributed by atoms with Crippen LogP contribution in [0.1, 0.15) is 23.7 Å². The Morgan fingerprint density at radius 2 is 1.84 bits per heavy atom. The highest BCUT2D eigenvalue weighted by molar-refractivity contribution is 5.30. The van der Waals surface area contributed by atoms with Gasteiger partial charge in [0.05, 0.1) is 12.7 Å². The van der Waals surface area contributed by atoms with E-state index in [1.54, 1.807) is 25.1 Å². The molecule has 0 radical (unpaired) electrons. The van der Waals surface area contributed by atoms with Crippen LogP contribution in [-0.2, 0) is 0 Å². The van der Waals surface area contributed by atoms with E-state index in [0.29, 0.717) is 12.0 Å². The lowest BCUT2D eigenvalue weighted by molar-refractivity contribution is 0.139. The van der Waals surface area contributed by atoms with Crippen molar-refractivity contribution in [3.63, 3.8) is 0 Å². The highest BCUT2D eigenvalue weighted by Crippen LogP contribution is 2.21. The lowest BCUT2D eigenvalue weighted by atomic mass is 10.1. The monoisotopic (exact) mass is 260 g/mol. The number of hydrogen-bond acceptors (Lipinski definition) is 2. The van der Waals surface area contributed by atoms with Crippen LogP contribution < -0.4 is 4.74 Å². The molecule has 3 heteroatoms. The number of halogens is 1. The first-order chi connectivity index (χ1) is 9.18. The van der Waals surface area contributed by atoms with Gasteiger partial charge in [-0.2, -0.15) is 0 Å². The van der Waals surface area contributed by atoms with Crippen molar-refractivity contribution in [3.8, 4) is 5.75 Å². The van der Waals surface area contributed by atoms with Gasteiger partial charge in [-0.1, -0.05) is 42.5 Å². The van der Waals surface area contributed by atoms with E-state index in [0.717, 1.165) is 5.56 Å². The van der Waals surface area contributed by atoms with Crippen molar-refractivity contribution in [3.05, 3.63) is 65.5 Å². The van der Waals surface area contributed by atoms with Crippen LogP contribution in [0.5, 0.6) is 5.75 Å². The summed E-state index contributed by atoms with van der Waals surface area (Å²) in [5, 5.41) is 9.95. The van der Waals surface area contributed by atoms with Crippen LogP contribution in [0.3, 0.4) is 0 Å². The van der Waals surface area contributed by atoms with Crippen molar-refractivity contribution in [1.82, 2.24) is 0 Å². The standard InChI is InChI=1S/C16H17FO2/c1-12-6-5-9-15(16(12)17)19-11-10-14(18)13-7-3-2-4-8-13/h2-9,14,18H,10-11H2,1H3. The van der Waals surface area contributed by atoms with Gasteiger partial charge < -0.3 is 9.84 Å². The average Bonchev–Trinajstić information content (AvgIpc) is 2.44. The summed E-state index contributed by atoms with van der Waals surface area (Å²) in [5.74, 6) is -0.100. The average molecular weight is 260 g/mol. The number of rotatable bonds is 5. The van der Waals surface area contributed by atoms with Crippen LogP contribution in [0.4, 0.5) is 4.39 Å². The van der Waals surface area contributed by atoms with E-state index in [2.05, 4.69) is 0 Å². The van der Waals surface area contributed by atoms with Crippen LogP contribution in [-0.4, -0.2) is 11.7 Å². The first-order valence-corrected chi connectivity index (χ1v) is 6.29. The van der Waals surface area contributed by atoms with Gasteiger partial charge in [-0.05, 0) is 24.1 Å². The highest BCUT2D eigenvalue weighted by Gasteiger charge is 2.09. The summed E-state index contributed by atoms with van der Waals surface area (Å²) in [6.45, 7) is 1.97. The normalized spacial score (nSPS) is 12.2. The third-order valence-electron chi connectivity index (χ3n) is 2.99. The van der Waals surface area contributed by atoms with Crippen LogP contribution >= 0.6 is 0 Å². The molecule has 0 aliphatic carbocycles. The fourth-order valence-corrected chi connectivity index (χ4v) is 1.85. The number of aryl methyl sites for hydroxylation is 1. The van der Waals surface area contributed by atoms with E-state index >= 15 is 0 Å². The summed E-state index contributed by atoms with van der Waals surface area (Å²) in [6.07, 6.45) is -0.161. The van der Waals surface area contributed by atoms with Gasteiger partial charge in [-0.25, -0.2) is 4.39 Å². The Bertz CT molecular complexity index is 526. The Hall–Kier alpha value is -1.87. The van der Waals surface area contributed by atoms with Gasteiger partial charge in [0.2, 0.25) is 0 Å². The van der Waals surface area contributed by atoms with Gasteiger partial charge in [0.25, 0.3) is 0 Å². The molecule has 0 spiro atoms. The summed E-state index contributed by atoms with van der Waals surface area (Å²) in [5.41, 5.74) is 1.40. The molecule has 0 aliphatic heterocycles. The zero-order valence-electron chi connectivity index (χ0n) is 10.8. The minimum Gasteiger partial charge on any atom is -0.490 e. The first-order valence-electron chi connectivity index (χ1n) is 6.29. The second-order valence-corrected chi connectivity index (χ2v) is 4.45. The molecule has 0 heterocycles. The van der Waals surface area contributed by atoms with Gasteiger partial charge in [-0.15, -0.1) is 0 Å². The van der Waals surface area contributed by atoms with Gasteiger partial charge in [0.15, 0.2) is 11.6 Å². The maximum Gasteiger partial charge on any atom is 0.167 e. The molecule has 0 amide bonds. The quantitative estimate of drug-likeness (QED) is 0.889. The van der Waals surface area contributed by atoms with Crippen molar-refractivity contribution in [2.45, 2.75) is 19.4 Å². The van der Waals surface area contributed by atoms with Crippen molar-refractivity contribution < 1.29 is 14.2 Å². The molecular weight excluding hydrogens is 243 g/mol. The van der Waals surface area contributed by atoms with Gasteiger partial charge in [-0.3, -0.25) is 0 Å². The number of aliphatic hydroxyl groups is 1. The number of ether oxygens (including phenoxy) is 1. The highest BCUT2D eigenvalue weighted by atomic mass is 19.1. The summed E-state index contributed by atoms with van der Waals surface area (Å²) >= 11 is 0. The van der Waals surface area contributed by atoms with E-state index in [9.17, 15) is 9.50 Å². The number of aliphatic hydroxyl groups excluding tert-OH is 1. The molecule has 2 nitrogen and oxygen atoms in total. The molecule has 0 aliphatic rings. The van der Waals surface area contributed by atoms with Crippen molar-refractivity contribution >= 4 is 0 Å². The Kier molecular flexibility index (Phi) is 4.53. The molecule has 0 saturated carbocycles. The third-order valence-corrected chi connectivity index (χ3v) is 2.99. The van der Waals surface area contributed by atoms with E-state index in [1.165, 1.54) is 0 Å². The lowest BCUT2D eigenvalue weighted by Crippen LogP contribution is -2.06. The molecule has 0 fully saturated rings. The van der Waals surface area contributed by atoms with Crippen LogP contribution in [0.25, 0.3) is 0 Å². The Morgan fingerprint density at radius 1 is 1.11 bits per heavy atom. The summed E-state index contributed by atoms with van der Waals surface area (Å²) in [4.78, 5) is 0. The third kappa shape index (κ3) is 3.55. The maximum atomic E-state index is 13.7. The van der Waals surface area contributed by atoms with Crippen molar-refractivity contribution in [2.24, 2.45) is 0 Å². The largest absolute Gasteiger partial charge is 0.490 e. The fourth-order valence-electron chi connectivity index (χ4n) is 1.85. The van der Waals surface area contributed by atoms with Crippen LogP contribution in [0.15, 0.2) is 48.5 Å². The van der Waals surface area contributed by atoms with Crippen molar-refractivity contribution in [2.75, 3.05) is 6.61 Å². The molecule has 1 N–H and O–H groups in total. The minimum absolute atomic E-state index is 0.236. The zero-order chi connectivity index (χ0) is 13.7. The maximum absolute atomic E-state index is 13.7. The topological polar surface area (TPSA) is 29.5 Å². The number of hydrogen-bond donors (Lipinski definition) is 1. The van der Waals surface area contributed by atoms with E-state index in [4.69, 9.17) is 4.74 Å². The summed E-state index contributed by atoms with van der Waals surface area (Å²) in [6, 6.07) is 14.4. The predicted octanol–water partition coefficient (Wildman–Crippen LogP) is 3.64. The van der Waals surface area contributed by atoms with Gasteiger partial charge in [0, 0.05) is 6.42 Å². The SMILES string of the molecule is Cc1cccc(OCCC(O)c2ccccc2)c1F. The fraction of sp³-hybridized carbons (Fsp3) is 0.250. The first kappa shape index (κ1) is 13.6. The zero-order valence-corrected chi connectivity index (χ0v) is 10.8. The summed E-state index contributed by atoms with van der Waals surface area (Å²) < 4.78 is 19.0.